The van der Waals surface area contributed by atoms with E-state index in [9.17, 15) is 9.59 Å². The van der Waals surface area contributed by atoms with Crippen LogP contribution >= 0.6 is 0 Å². The minimum absolute atomic E-state index is 0.0315. The summed E-state index contributed by atoms with van der Waals surface area (Å²) in [5.41, 5.74) is 1.57. The van der Waals surface area contributed by atoms with E-state index in [1.807, 2.05) is 29.8 Å². The fourth-order valence-corrected chi connectivity index (χ4v) is 4.19. The topological polar surface area (TPSA) is 74.6 Å². The molecule has 4 heterocycles. The van der Waals surface area contributed by atoms with Gasteiger partial charge in [-0.05, 0) is 31.9 Å². The third-order valence-electron chi connectivity index (χ3n) is 5.63. The summed E-state index contributed by atoms with van der Waals surface area (Å²) in [5, 5.41) is 4.38. The van der Waals surface area contributed by atoms with Crippen LogP contribution in [0.1, 0.15) is 28.9 Å². The summed E-state index contributed by atoms with van der Waals surface area (Å²) in [6, 6.07) is 5.33. The number of piperidine rings is 1. The van der Waals surface area contributed by atoms with Gasteiger partial charge in [-0.2, -0.15) is 5.10 Å². The number of carbonyl (C=O) groups excluding carboxylic acids is 2. The van der Waals surface area contributed by atoms with Crippen molar-refractivity contribution in [1.29, 1.82) is 0 Å². The lowest BCUT2D eigenvalue weighted by molar-refractivity contribution is -0.126. The van der Waals surface area contributed by atoms with E-state index in [0.29, 0.717) is 31.7 Å². The van der Waals surface area contributed by atoms with E-state index in [2.05, 4.69) is 15.0 Å². The smallest absolute Gasteiger partial charge is 0.254 e. The molecule has 8 nitrogen and oxygen atoms in total. The summed E-state index contributed by atoms with van der Waals surface area (Å²) >= 11 is 0. The van der Waals surface area contributed by atoms with Gasteiger partial charge in [0.2, 0.25) is 5.91 Å². The molecule has 0 saturated carbocycles. The average Bonchev–Trinajstić information content (AvgIpc) is 3.06. The molecule has 28 heavy (non-hydrogen) atoms. The molecule has 1 atom stereocenters. The van der Waals surface area contributed by atoms with Gasteiger partial charge in [0.05, 0.1) is 11.7 Å². The summed E-state index contributed by atoms with van der Waals surface area (Å²) in [5.74, 6) is 1.03. The first-order valence-corrected chi connectivity index (χ1v) is 9.80. The minimum Gasteiger partial charge on any atom is -0.336 e. The standard InChI is InChI=1S/C20H26N6O2/c1-15-14-18(23(2)22-15)26-9-3-4-17(20(26)28)24-10-12-25(13-11-24)19(27)16-5-7-21-8-6-16/h5-8,14,17H,3-4,9-13H2,1-2H3/t17-/m0/s1. The van der Waals surface area contributed by atoms with Gasteiger partial charge in [-0.3, -0.25) is 29.1 Å². The van der Waals surface area contributed by atoms with Crippen LogP contribution in [0.4, 0.5) is 5.82 Å². The van der Waals surface area contributed by atoms with Gasteiger partial charge in [0, 0.05) is 63.8 Å². The van der Waals surface area contributed by atoms with Crippen molar-refractivity contribution in [2.24, 2.45) is 7.05 Å². The number of rotatable bonds is 3. The van der Waals surface area contributed by atoms with Crippen molar-refractivity contribution in [3.05, 3.63) is 41.9 Å². The number of aromatic nitrogens is 3. The molecular weight excluding hydrogens is 356 g/mol. The predicted molar refractivity (Wildman–Crippen MR) is 105 cm³/mol. The zero-order valence-electron chi connectivity index (χ0n) is 16.4. The molecule has 0 aromatic carbocycles. The van der Waals surface area contributed by atoms with E-state index in [1.165, 1.54) is 0 Å². The van der Waals surface area contributed by atoms with Crippen molar-refractivity contribution in [1.82, 2.24) is 24.6 Å². The van der Waals surface area contributed by atoms with Crippen LogP contribution in [0.5, 0.6) is 0 Å². The zero-order valence-corrected chi connectivity index (χ0v) is 16.4. The number of carbonyl (C=O) groups is 2. The maximum absolute atomic E-state index is 13.2. The normalized spacial score (nSPS) is 21.2. The van der Waals surface area contributed by atoms with Gasteiger partial charge >= 0.3 is 0 Å². The maximum atomic E-state index is 13.2. The summed E-state index contributed by atoms with van der Waals surface area (Å²) in [6.45, 7) is 5.37. The van der Waals surface area contributed by atoms with Crippen LogP contribution < -0.4 is 4.90 Å². The van der Waals surface area contributed by atoms with E-state index < -0.39 is 0 Å². The average molecular weight is 382 g/mol. The zero-order chi connectivity index (χ0) is 19.7. The number of piperazine rings is 1. The van der Waals surface area contributed by atoms with Crippen molar-refractivity contribution in [2.75, 3.05) is 37.6 Å². The van der Waals surface area contributed by atoms with Gasteiger partial charge in [-0.1, -0.05) is 0 Å². The van der Waals surface area contributed by atoms with Crippen molar-refractivity contribution in [2.45, 2.75) is 25.8 Å². The molecule has 0 aliphatic carbocycles. The lowest BCUT2D eigenvalue weighted by atomic mass is 10.0. The van der Waals surface area contributed by atoms with Gasteiger partial charge in [-0.15, -0.1) is 0 Å². The maximum Gasteiger partial charge on any atom is 0.254 e. The highest BCUT2D eigenvalue weighted by Gasteiger charge is 2.36. The lowest BCUT2D eigenvalue weighted by Crippen LogP contribution is -2.58. The minimum atomic E-state index is -0.123. The number of nitrogens with zero attached hydrogens (tertiary/aromatic N) is 6. The van der Waals surface area contributed by atoms with Crippen LogP contribution in [0.25, 0.3) is 0 Å². The summed E-state index contributed by atoms with van der Waals surface area (Å²) in [4.78, 5) is 35.7. The van der Waals surface area contributed by atoms with Gasteiger partial charge in [0.15, 0.2) is 0 Å². The molecule has 148 valence electrons. The molecule has 4 rings (SSSR count). The highest BCUT2D eigenvalue weighted by atomic mass is 16.2. The Morgan fingerprint density at radius 2 is 1.82 bits per heavy atom. The van der Waals surface area contributed by atoms with E-state index in [1.54, 1.807) is 29.2 Å². The largest absolute Gasteiger partial charge is 0.336 e. The van der Waals surface area contributed by atoms with E-state index >= 15 is 0 Å². The number of aryl methyl sites for hydroxylation is 2. The molecule has 2 aromatic rings. The van der Waals surface area contributed by atoms with Crippen LogP contribution in [0, 0.1) is 6.92 Å². The van der Waals surface area contributed by atoms with E-state index in [0.717, 1.165) is 30.9 Å². The number of hydrogen-bond donors (Lipinski definition) is 0. The highest BCUT2D eigenvalue weighted by molar-refractivity contribution is 5.97. The Labute approximate surface area is 164 Å². The van der Waals surface area contributed by atoms with Gasteiger partial charge in [0.25, 0.3) is 5.91 Å². The molecule has 0 N–H and O–H groups in total. The second-order valence-corrected chi connectivity index (χ2v) is 7.48. The Hall–Kier alpha value is -2.74. The molecule has 0 unspecified atom stereocenters. The quantitative estimate of drug-likeness (QED) is 0.794. The molecule has 0 radical (unpaired) electrons. The Bertz CT molecular complexity index is 857. The van der Waals surface area contributed by atoms with Crippen molar-refractivity contribution < 1.29 is 9.59 Å². The van der Waals surface area contributed by atoms with Crippen molar-refractivity contribution in [3.63, 3.8) is 0 Å². The SMILES string of the molecule is Cc1cc(N2CCC[C@H](N3CCN(C(=O)c4ccncc4)CC3)C2=O)n(C)n1. The molecule has 2 aliphatic heterocycles. The highest BCUT2D eigenvalue weighted by Crippen LogP contribution is 2.25. The first kappa shape index (κ1) is 18.6. The fraction of sp³-hybridized carbons (Fsp3) is 0.500. The number of anilines is 1. The second-order valence-electron chi connectivity index (χ2n) is 7.48. The Balaban J connectivity index is 1.41. The lowest BCUT2D eigenvalue weighted by Gasteiger charge is -2.42. The third kappa shape index (κ3) is 3.52. The first-order chi connectivity index (χ1) is 13.5. The molecule has 2 saturated heterocycles. The van der Waals surface area contributed by atoms with E-state index in [4.69, 9.17) is 0 Å². The predicted octanol–water partition coefficient (Wildman–Crippen LogP) is 1.08. The molecule has 0 bridgehead atoms. The Morgan fingerprint density at radius 1 is 1.11 bits per heavy atom. The van der Waals surface area contributed by atoms with Crippen LogP contribution in [0.3, 0.4) is 0 Å². The van der Waals surface area contributed by atoms with Crippen LogP contribution in [-0.4, -0.2) is 75.1 Å². The number of amides is 2. The molecule has 0 spiro atoms. The molecule has 2 aromatic heterocycles. The van der Waals surface area contributed by atoms with Crippen LogP contribution in [-0.2, 0) is 11.8 Å². The summed E-state index contributed by atoms with van der Waals surface area (Å²) in [7, 11) is 1.88. The molecular formula is C20H26N6O2. The molecule has 2 amide bonds. The Kier molecular flexibility index (Phi) is 5.13. The fourth-order valence-electron chi connectivity index (χ4n) is 4.19. The molecule has 8 heteroatoms. The Morgan fingerprint density at radius 3 is 2.46 bits per heavy atom. The number of hydrogen-bond acceptors (Lipinski definition) is 5. The number of pyridine rings is 1. The first-order valence-electron chi connectivity index (χ1n) is 9.80. The third-order valence-corrected chi connectivity index (χ3v) is 5.63. The molecule has 2 aliphatic rings. The van der Waals surface area contributed by atoms with E-state index in [-0.39, 0.29) is 17.9 Å². The molecule has 2 fully saturated rings. The van der Waals surface area contributed by atoms with Crippen molar-refractivity contribution >= 4 is 17.6 Å². The van der Waals surface area contributed by atoms with Crippen LogP contribution in [0.15, 0.2) is 30.6 Å². The summed E-state index contributed by atoms with van der Waals surface area (Å²) in [6.07, 6.45) is 5.11. The second kappa shape index (κ2) is 7.71. The van der Waals surface area contributed by atoms with Gasteiger partial charge < -0.3 is 4.90 Å². The van der Waals surface area contributed by atoms with Gasteiger partial charge in [-0.25, -0.2) is 0 Å². The van der Waals surface area contributed by atoms with Crippen molar-refractivity contribution in [3.8, 4) is 0 Å². The summed E-state index contributed by atoms with van der Waals surface area (Å²) < 4.78 is 1.78. The monoisotopic (exact) mass is 382 g/mol. The van der Waals surface area contributed by atoms with Crippen LogP contribution in [0.2, 0.25) is 0 Å². The van der Waals surface area contributed by atoms with Gasteiger partial charge in [0.1, 0.15) is 5.82 Å².